The van der Waals surface area contributed by atoms with Crippen LogP contribution in [-0.2, 0) is 4.79 Å². The lowest BCUT2D eigenvalue weighted by Gasteiger charge is -2.62. The van der Waals surface area contributed by atoms with Crippen molar-refractivity contribution in [3.8, 4) is 0 Å². The van der Waals surface area contributed by atoms with Crippen LogP contribution >= 0.6 is 0 Å². The molecule has 29 heavy (non-hydrogen) atoms. The Morgan fingerprint density at radius 2 is 1.62 bits per heavy atom. The van der Waals surface area contributed by atoms with Gasteiger partial charge in [-0.05, 0) is 104 Å². The maximum atomic E-state index is 11.4. The molecule has 11 atom stereocenters. The third kappa shape index (κ3) is 3.37. The fourth-order valence-corrected chi connectivity index (χ4v) is 9.00. The van der Waals surface area contributed by atoms with Crippen LogP contribution in [0.15, 0.2) is 0 Å². The molecule has 0 aromatic carbocycles. The van der Waals surface area contributed by atoms with Gasteiger partial charge in [-0.25, -0.2) is 0 Å². The van der Waals surface area contributed by atoms with Crippen LogP contribution in [0.2, 0.25) is 0 Å². The standard InChI is InChI=1S/C25H42O4/c1-14(11-15(2)23(28)29)18-5-6-19-22-20(8-10-25(18,19)4)24(3)9-7-17(26)12-16(24)13-21(22)27/h14-22,26-27H,5-13H2,1-4H3,(H,28,29)/t14-,15-,16?,17-,18?,19?,20?,21-,22?,24+,25-/m1/s1. The molecule has 4 rings (SSSR count). The van der Waals surface area contributed by atoms with Crippen LogP contribution in [0, 0.1) is 52.3 Å². The van der Waals surface area contributed by atoms with Crippen LogP contribution in [0.1, 0.15) is 85.5 Å². The van der Waals surface area contributed by atoms with Gasteiger partial charge in [-0.1, -0.05) is 27.7 Å². The highest BCUT2D eigenvalue weighted by molar-refractivity contribution is 5.69. The quantitative estimate of drug-likeness (QED) is 0.631. The van der Waals surface area contributed by atoms with Crippen molar-refractivity contribution in [3.05, 3.63) is 0 Å². The zero-order valence-corrected chi connectivity index (χ0v) is 18.8. The molecule has 4 heteroatoms. The molecular weight excluding hydrogens is 364 g/mol. The van der Waals surface area contributed by atoms with Crippen LogP contribution in [0.3, 0.4) is 0 Å². The maximum Gasteiger partial charge on any atom is 0.306 e. The number of fused-ring (bicyclic) bond motifs is 5. The van der Waals surface area contributed by atoms with Crippen molar-refractivity contribution in [2.24, 2.45) is 52.3 Å². The molecule has 0 aliphatic heterocycles. The summed E-state index contributed by atoms with van der Waals surface area (Å²) in [6.45, 7) is 9.02. The van der Waals surface area contributed by atoms with Gasteiger partial charge < -0.3 is 15.3 Å². The monoisotopic (exact) mass is 406 g/mol. The van der Waals surface area contributed by atoms with Gasteiger partial charge in [-0.15, -0.1) is 0 Å². The summed E-state index contributed by atoms with van der Waals surface area (Å²) in [5, 5.41) is 30.9. The second-order valence-corrected chi connectivity index (χ2v) is 11.9. The number of carbonyl (C=O) groups is 1. The number of hydrogen-bond acceptors (Lipinski definition) is 3. The number of carboxylic acids is 1. The predicted molar refractivity (Wildman–Crippen MR) is 113 cm³/mol. The van der Waals surface area contributed by atoms with Crippen molar-refractivity contribution in [2.75, 3.05) is 0 Å². The Labute approximate surface area is 176 Å². The molecule has 0 heterocycles. The zero-order chi connectivity index (χ0) is 21.1. The van der Waals surface area contributed by atoms with E-state index in [2.05, 4.69) is 20.8 Å². The molecule has 4 aliphatic rings. The summed E-state index contributed by atoms with van der Waals surface area (Å²) >= 11 is 0. The van der Waals surface area contributed by atoms with Gasteiger partial charge in [-0.2, -0.15) is 0 Å². The molecule has 0 spiro atoms. The largest absolute Gasteiger partial charge is 0.481 e. The summed E-state index contributed by atoms with van der Waals surface area (Å²) in [4.78, 5) is 11.4. The number of aliphatic hydroxyl groups excluding tert-OH is 2. The Bertz CT molecular complexity index is 634. The molecule has 166 valence electrons. The first-order valence-electron chi connectivity index (χ1n) is 12.2. The Balaban J connectivity index is 1.56. The van der Waals surface area contributed by atoms with Gasteiger partial charge in [0.05, 0.1) is 18.1 Å². The van der Waals surface area contributed by atoms with E-state index >= 15 is 0 Å². The molecule has 5 unspecified atom stereocenters. The predicted octanol–water partition coefficient (Wildman–Crippen LogP) is 4.72. The van der Waals surface area contributed by atoms with Crippen molar-refractivity contribution in [2.45, 2.75) is 97.7 Å². The van der Waals surface area contributed by atoms with Crippen LogP contribution in [0.25, 0.3) is 0 Å². The summed E-state index contributed by atoms with van der Waals surface area (Å²) in [5.74, 6) is 2.02. The molecule has 0 radical (unpaired) electrons. The minimum absolute atomic E-state index is 0.182. The molecular formula is C25H42O4. The average Bonchev–Trinajstić information content (AvgIpc) is 3.00. The van der Waals surface area contributed by atoms with E-state index in [-0.39, 0.29) is 29.0 Å². The molecule has 0 bridgehead atoms. The van der Waals surface area contributed by atoms with Gasteiger partial charge in [0.1, 0.15) is 0 Å². The lowest BCUT2D eigenvalue weighted by Crippen LogP contribution is -2.58. The van der Waals surface area contributed by atoms with Gasteiger partial charge in [-0.3, -0.25) is 4.79 Å². The molecule has 3 N–H and O–H groups in total. The highest BCUT2D eigenvalue weighted by atomic mass is 16.4. The number of aliphatic hydroxyl groups is 2. The fourth-order valence-electron chi connectivity index (χ4n) is 9.00. The van der Waals surface area contributed by atoms with E-state index in [0.717, 1.165) is 32.1 Å². The highest BCUT2D eigenvalue weighted by Gasteiger charge is 2.62. The number of aliphatic carboxylic acids is 1. The molecule has 0 aromatic rings. The third-order valence-electron chi connectivity index (χ3n) is 10.6. The first-order chi connectivity index (χ1) is 13.6. The van der Waals surface area contributed by atoms with E-state index in [1.165, 1.54) is 25.7 Å². The number of rotatable bonds is 4. The fraction of sp³-hybridized carbons (Fsp3) is 0.960. The highest BCUT2D eigenvalue weighted by Crippen LogP contribution is 2.68. The van der Waals surface area contributed by atoms with Gasteiger partial charge in [0, 0.05) is 0 Å². The van der Waals surface area contributed by atoms with E-state index in [0.29, 0.717) is 35.5 Å². The summed E-state index contributed by atoms with van der Waals surface area (Å²) in [6.07, 6.45) is 8.87. The number of carboxylic acid groups (broad SMARTS) is 1. The van der Waals surface area contributed by atoms with Gasteiger partial charge >= 0.3 is 5.97 Å². The second-order valence-electron chi connectivity index (χ2n) is 11.9. The smallest absolute Gasteiger partial charge is 0.306 e. The first kappa shape index (κ1) is 21.6. The van der Waals surface area contributed by atoms with E-state index < -0.39 is 5.97 Å². The normalized spacial score (nSPS) is 51.4. The Morgan fingerprint density at radius 1 is 0.966 bits per heavy atom. The minimum Gasteiger partial charge on any atom is -0.481 e. The summed E-state index contributed by atoms with van der Waals surface area (Å²) < 4.78 is 0. The average molecular weight is 407 g/mol. The molecule has 0 amide bonds. The van der Waals surface area contributed by atoms with Crippen molar-refractivity contribution >= 4 is 5.97 Å². The minimum atomic E-state index is -0.679. The lowest BCUT2D eigenvalue weighted by atomic mass is 9.43. The van der Waals surface area contributed by atoms with Crippen molar-refractivity contribution in [1.29, 1.82) is 0 Å². The van der Waals surface area contributed by atoms with E-state index in [1.54, 1.807) is 0 Å². The van der Waals surface area contributed by atoms with Crippen LogP contribution in [0.5, 0.6) is 0 Å². The van der Waals surface area contributed by atoms with Gasteiger partial charge in [0.25, 0.3) is 0 Å². The molecule has 0 saturated heterocycles. The number of hydrogen-bond donors (Lipinski definition) is 3. The summed E-state index contributed by atoms with van der Waals surface area (Å²) in [7, 11) is 0. The molecule has 4 aliphatic carbocycles. The topological polar surface area (TPSA) is 77.8 Å². The van der Waals surface area contributed by atoms with Gasteiger partial charge in [0.15, 0.2) is 0 Å². The van der Waals surface area contributed by atoms with E-state index in [9.17, 15) is 20.1 Å². The SMILES string of the molecule is C[C@H](C[C@@H](C)C1CCC2C3C(CC[C@@]21C)[C@@]1(C)CC[C@@H](O)CC1C[C@H]3O)C(=O)O. The Morgan fingerprint density at radius 3 is 2.31 bits per heavy atom. The lowest BCUT2D eigenvalue weighted by molar-refractivity contribution is -0.174. The molecule has 4 nitrogen and oxygen atoms in total. The van der Waals surface area contributed by atoms with E-state index in [1.807, 2.05) is 6.92 Å². The van der Waals surface area contributed by atoms with Crippen LogP contribution < -0.4 is 0 Å². The molecule has 4 saturated carbocycles. The Kier molecular flexibility index (Phi) is 5.60. The first-order valence-corrected chi connectivity index (χ1v) is 12.2. The molecule has 0 aromatic heterocycles. The summed E-state index contributed by atoms with van der Waals surface area (Å²) in [5.41, 5.74) is 0.503. The van der Waals surface area contributed by atoms with Gasteiger partial charge in [0.2, 0.25) is 0 Å². The summed E-state index contributed by atoms with van der Waals surface area (Å²) in [6, 6.07) is 0. The third-order valence-corrected chi connectivity index (χ3v) is 10.6. The zero-order valence-electron chi connectivity index (χ0n) is 18.8. The van der Waals surface area contributed by atoms with E-state index in [4.69, 9.17) is 0 Å². The molecule has 4 fully saturated rings. The van der Waals surface area contributed by atoms with Crippen molar-refractivity contribution in [3.63, 3.8) is 0 Å². The van der Waals surface area contributed by atoms with Crippen LogP contribution in [-0.4, -0.2) is 33.5 Å². The van der Waals surface area contributed by atoms with Crippen molar-refractivity contribution < 1.29 is 20.1 Å². The second kappa shape index (κ2) is 7.51. The van der Waals surface area contributed by atoms with Crippen LogP contribution in [0.4, 0.5) is 0 Å². The Hall–Kier alpha value is -0.610. The van der Waals surface area contributed by atoms with Crippen molar-refractivity contribution in [1.82, 2.24) is 0 Å². The maximum absolute atomic E-state index is 11.4.